The van der Waals surface area contributed by atoms with E-state index in [1.54, 1.807) is 12.1 Å². The zero-order valence-electron chi connectivity index (χ0n) is 21.3. The molecule has 1 amide bonds. The van der Waals surface area contributed by atoms with Crippen LogP contribution in [0.1, 0.15) is 55.5 Å². The number of hydrogen-bond acceptors (Lipinski definition) is 3. The zero-order chi connectivity index (χ0) is 25.1. The average molecular weight is 486 g/mol. The molecule has 2 atom stereocenters. The second-order valence-electron chi connectivity index (χ2n) is 10.0. The molecule has 2 heterocycles. The second kappa shape index (κ2) is 10.8. The van der Waals surface area contributed by atoms with E-state index in [1.807, 2.05) is 43.0 Å². The Bertz CT molecular complexity index is 1130. The Kier molecular flexibility index (Phi) is 7.38. The minimum atomic E-state index is -0.177. The number of halogens is 1. The van der Waals surface area contributed by atoms with Gasteiger partial charge in [-0.2, -0.15) is 0 Å². The van der Waals surface area contributed by atoms with Crippen LogP contribution in [0.2, 0.25) is 0 Å². The van der Waals surface area contributed by atoms with E-state index in [9.17, 15) is 9.18 Å². The number of carbonyl (C=O) groups excluding carboxylic acids is 1. The van der Waals surface area contributed by atoms with Crippen LogP contribution in [0.4, 0.5) is 15.8 Å². The third-order valence-corrected chi connectivity index (χ3v) is 7.98. The third kappa shape index (κ3) is 5.03. The van der Waals surface area contributed by atoms with Gasteiger partial charge in [0.15, 0.2) is 0 Å². The minimum Gasteiger partial charge on any atom is -0.339 e. The van der Waals surface area contributed by atoms with Crippen LogP contribution in [0.15, 0.2) is 78.9 Å². The summed E-state index contributed by atoms with van der Waals surface area (Å²) in [5.41, 5.74) is 4.25. The van der Waals surface area contributed by atoms with Crippen LogP contribution in [0, 0.1) is 5.82 Å². The molecule has 2 aliphatic rings. The van der Waals surface area contributed by atoms with Crippen molar-refractivity contribution in [3.8, 4) is 0 Å². The Morgan fingerprint density at radius 2 is 1.42 bits per heavy atom. The summed E-state index contributed by atoms with van der Waals surface area (Å²) in [4.78, 5) is 19.8. The zero-order valence-corrected chi connectivity index (χ0v) is 21.3. The molecule has 0 aliphatic carbocycles. The summed E-state index contributed by atoms with van der Waals surface area (Å²) in [5.74, 6) is -0.0892. The maximum atomic E-state index is 13.4. The number of anilines is 2. The SMILES string of the molecule is CCN(CC)C(=O)c1ccc(N(c2ccccc2)C2CC3CCC(C2)N3Cc2ccc(F)cc2)cc1. The van der Waals surface area contributed by atoms with Gasteiger partial charge >= 0.3 is 0 Å². The van der Waals surface area contributed by atoms with Crippen molar-refractivity contribution >= 4 is 17.3 Å². The normalized spacial score (nSPS) is 21.4. The van der Waals surface area contributed by atoms with Gasteiger partial charge in [0.1, 0.15) is 5.82 Å². The van der Waals surface area contributed by atoms with Gasteiger partial charge in [-0.3, -0.25) is 9.69 Å². The average Bonchev–Trinajstić information content (AvgIpc) is 3.13. The summed E-state index contributed by atoms with van der Waals surface area (Å²) in [6, 6.07) is 27.2. The van der Waals surface area contributed by atoms with Crippen LogP contribution in [-0.4, -0.2) is 46.9 Å². The summed E-state index contributed by atoms with van der Waals surface area (Å²) >= 11 is 0. The highest BCUT2D eigenvalue weighted by atomic mass is 19.1. The Hall–Kier alpha value is -3.18. The lowest BCUT2D eigenvalue weighted by atomic mass is 9.94. The standard InChI is InChI=1S/C31H36FN3O/c1-3-33(4-2)31(36)24-12-16-27(17-13-24)35(26-8-6-5-7-9-26)30-20-28-18-19-29(21-30)34(28)22-23-10-14-25(32)15-11-23/h5-17,28-30H,3-4,18-22H2,1-2H3. The first kappa shape index (κ1) is 24.5. The van der Waals surface area contributed by atoms with Gasteiger partial charge in [0.25, 0.3) is 5.91 Å². The monoisotopic (exact) mass is 485 g/mol. The van der Waals surface area contributed by atoms with Crippen molar-refractivity contribution in [1.29, 1.82) is 0 Å². The Morgan fingerprint density at radius 1 is 0.833 bits per heavy atom. The first-order valence-electron chi connectivity index (χ1n) is 13.3. The number of fused-ring (bicyclic) bond motifs is 2. The van der Waals surface area contributed by atoms with Crippen molar-refractivity contribution in [3.05, 3.63) is 95.8 Å². The first-order valence-corrected chi connectivity index (χ1v) is 13.3. The van der Waals surface area contributed by atoms with E-state index in [0.29, 0.717) is 31.2 Å². The van der Waals surface area contributed by atoms with Crippen molar-refractivity contribution in [3.63, 3.8) is 0 Å². The number of piperidine rings is 1. The molecule has 36 heavy (non-hydrogen) atoms. The number of para-hydroxylation sites is 1. The number of rotatable bonds is 8. The number of nitrogens with zero attached hydrogens (tertiary/aromatic N) is 3. The Morgan fingerprint density at radius 3 is 2.00 bits per heavy atom. The number of benzene rings is 3. The molecule has 2 saturated heterocycles. The third-order valence-electron chi connectivity index (χ3n) is 7.98. The van der Waals surface area contributed by atoms with Gasteiger partial charge in [-0.15, -0.1) is 0 Å². The Balaban J connectivity index is 1.38. The largest absolute Gasteiger partial charge is 0.339 e. The van der Waals surface area contributed by atoms with E-state index in [1.165, 1.54) is 24.1 Å². The highest BCUT2D eigenvalue weighted by Crippen LogP contribution is 2.42. The van der Waals surface area contributed by atoms with Gasteiger partial charge in [-0.1, -0.05) is 30.3 Å². The van der Waals surface area contributed by atoms with Crippen LogP contribution < -0.4 is 4.90 Å². The smallest absolute Gasteiger partial charge is 0.253 e. The lowest BCUT2D eigenvalue weighted by Gasteiger charge is -2.44. The molecule has 3 aromatic rings. The van der Waals surface area contributed by atoms with E-state index in [2.05, 4.69) is 52.3 Å². The predicted molar refractivity (Wildman–Crippen MR) is 144 cm³/mol. The molecule has 188 valence electrons. The minimum absolute atomic E-state index is 0.0879. The summed E-state index contributed by atoms with van der Waals surface area (Å²) < 4.78 is 13.4. The molecule has 2 bridgehead atoms. The van der Waals surface area contributed by atoms with Crippen molar-refractivity contribution in [2.24, 2.45) is 0 Å². The molecule has 0 N–H and O–H groups in total. The topological polar surface area (TPSA) is 26.8 Å². The molecular weight excluding hydrogens is 449 g/mol. The van der Waals surface area contributed by atoms with Crippen LogP contribution in [-0.2, 0) is 6.54 Å². The van der Waals surface area contributed by atoms with Crippen LogP contribution in [0.5, 0.6) is 0 Å². The summed E-state index contributed by atoms with van der Waals surface area (Å²) in [5, 5.41) is 0. The number of carbonyl (C=O) groups is 1. The van der Waals surface area contributed by atoms with E-state index in [-0.39, 0.29) is 11.7 Å². The molecule has 0 aromatic heterocycles. The van der Waals surface area contributed by atoms with Gasteiger partial charge in [0.05, 0.1) is 0 Å². The van der Waals surface area contributed by atoms with Crippen molar-refractivity contribution in [2.75, 3.05) is 18.0 Å². The molecule has 5 heteroatoms. The van der Waals surface area contributed by atoms with Gasteiger partial charge in [0.2, 0.25) is 0 Å². The molecule has 2 aliphatic heterocycles. The van der Waals surface area contributed by atoms with Crippen molar-refractivity contribution < 1.29 is 9.18 Å². The van der Waals surface area contributed by atoms with E-state index in [0.717, 1.165) is 30.6 Å². The highest BCUT2D eigenvalue weighted by molar-refractivity contribution is 5.94. The summed E-state index contributed by atoms with van der Waals surface area (Å²) in [7, 11) is 0. The maximum Gasteiger partial charge on any atom is 0.253 e. The fourth-order valence-electron chi connectivity index (χ4n) is 6.13. The molecular formula is C31H36FN3O. The molecule has 5 rings (SSSR count). The van der Waals surface area contributed by atoms with Crippen LogP contribution in [0.3, 0.4) is 0 Å². The molecule has 0 spiro atoms. The van der Waals surface area contributed by atoms with Gasteiger partial charge < -0.3 is 9.80 Å². The van der Waals surface area contributed by atoms with E-state index < -0.39 is 0 Å². The molecule has 0 saturated carbocycles. The number of hydrogen-bond donors (Lipinski definition) is 0. The van der Waals surface area contributed by atoms with Crippen molar-refractivity contribution in [1.82, 2.24) is 9.80 Å². The maximum absolute atomic E-state index is 13.4. The fraction of sp³-hybridized carbons (Fsp3) is 0.387. The van der Waals surface area contributed by atoms with Gasteiger partial charge in [-0.25, -0.2) is 4.39 Å². The molecule has 2 fully saturated rings. The highest BCUT2D eigenvalue weighted by Gasteiger charge is 2.42. The van der Waals surface area contributed by atoms with Gasteiger partial charge in [-0.05, 0) is 93.6 Å². The predicted octanol–water partition coefficient (Wildman–Crippen LogP) is 6.64. The quantitative estimate of drug-likeness (QED) is 0.358. The lowest BCUT2D eigenvalue weighted by Crippen LogP contribution is -2.49. The molecule has 2 unspecified atom stereocenters. The number of amides is 1. The second-order valence-corrected chi connectivity index (χ2v) is 10.0. The van der Waals surface area contributed by atoms with Crippen LogP contribution >= 0.6 is 0 Å². The first-order chi connectivity index (χ1) is 17.6. The summed E-state index contributed by atoms with van der Waals surface area (Å²) in [6.45, 7) is 6.35. The van der Waals surface area contributed by atoms with Crippen molar-refractivity contribution in [2.45, 2.75) is 64.2 Å². The van der Waals surface area contributed by atoms with E-state index in [4.69, 9.17) is 0 Å². The van der Waals surface area contributed by atoms with E-state index >= 15 is 0 Å². The lowest BCUT2D eigenvalue weighted by molar-refractivity contribution is 0.0773. The summed E-state index contributed by atoms with van der Waals surface area (Å²) in [6.07, 6.45) is 4.60. The molecule has 0 radical (unpaired) electrons. The van der Waals surface area contributed by atoms with Crippen LogP contribution in [0.25, 0.3) is 0 Å². The molecule has 4 nitrogen and oxygen atoms in total. The molecule has 3 aromatic carbocycles. The fourth-order valence-corrected chi connectivity index (χ4v) is 6.13. The van der Waals surface area contributed by atoms with Gasteiger partial charge in [0, 0.05) is 54.7 Å². The Labute approximate surface area is 214 Å².